The van der Waals surface area contributed by atoms with E-state index in [0.717, 1.165) is 6.42 Å². The third kappa shape index (κ3) is 1.40. The number of hydrogen-bond donors (Lipinski definition) is 1. The molecule has 10 heavy (non-hydrogen) atoms. The van der Waals surface area contributed by atoms with Crippen molar-refractivity contribution in [1.29, 1.82) is 0 Å². The second-order valence-electron chi connectivity index (χ2n) is 3.87. The third-order valence-electron chi connectivity index (χ3n) is 2.64. The molecule has 0 saturated carbocycles. The summed E-state index contributed by atoms with van der Waals surface area (Å²) >= 11 is 0. The summed E-state index contributed by atoms with van der Waals surface area (Å²) in [5.74, 6) is 0.637. The maximum Gasteiger partial charge on any atom is 0.0189 e. The molecule has 0 spiro atoms. The molecule has 1 heteroatoms. The molecule has 0 radical (unpaired) electrons. The van der Waals surface area contributed by atoms with Crippen LogP contribution in [0, 0.1) is 5.92 Å². The maximum absolute atomic E-state index is 6.04. The van der Waals surface area contributed by atoms with Crippen LogP contribution in [-0.2, 0) is 0 Å². The molecule has 1 aliphatic rings. The van der Waals surface area contributed by atoms with Gasteiger partial charge in [0.15, 0.2) is 0 Å². The molecule has 0 bridgehead atoms. The molecular weight excluding hydrogens is 122 g/mol. The van der Waals surface area contributed by atoms with E-state index in [-0.39, 0.29) is 5.54 Å². The zero-order valence-corrected chi connectivity index (χ0v) is 7.15. The first-order valence-corrected chi connectivity index (χ1v) is 3.97. The van der Waals surface area contributed by atoms with Gasteiger partial charge in [0, 0.05) is 5.54 Å². The van der Waals surface area contributed by atoms with Crippen molar-refractivity contribution in [2.24, 2.45) is 11.7 Å². The first-order valence-electron chi connectivity index (χ1n) is 3.97. The normalized spacial score (nSPS) is 41.2. The molecule has 0 heterocycles. The van der Waals surface area contributed by atoms with E-state index in [1.165, 1.54) is 12.0 Å². The average Bonchev–Trinajstić information content (AvgIpc) is 1.81. The highest BCUT2D eigenvalue weighted by Gasteiger charge is 2.28. The van der Waals surface area contributed by atoms with Gasteiger partial charge in [-0.1, -0.05) is 18.6 Å². The van der Waals surface area contributed by atoms with Crippen LogP contribution in [0.5, 0.6) is 0 Å². The molecular formula is C9H17N. The summed E-state index contributed by atoms with van der Waals surface area (Å²) in [5.41, 5.74) is 7.58. The van der Waals surface area contributed by atoms with E-state index in [9.17, 15) is 0 Å². The number of nitrogens with two attached hydrogens (primary N) is 1. The number of allylic oxidation sites excluding steroid dienone is 1. The van der Waals surface area contributed by atoms with Crippen LogP contribution >= 0.6 is 0 Å². The minimum Gasteiger partial charge on any atom is -0.325 e. The van der Waals surface area contributed by atoms with Crippen molar-refractivity contribution in [3.8, 4) is 0 Å². The van der Waals surface area contributed by atoms with E-state index >= 15 is 0 Å². The Labute approximate surface area is 63.3 Å². The summed E-state index contributed by atoms with van der Waals surface area (Å²) in [5, 5.41) is 0. The van der Waals surface area contributed by atoms with Gasteiger partial charge in [-0.3, -0.25) is 0 Å². The van der Waals surface area contributed by atoms with Gasteiger partial charge in [0.2, 0.25) is 0 Å². The summed E-state index contributed by atoms with van der Waals surface area (Å²) in [6.07, 6.45) is 4.48. The van der Waals surface area contributed by atoms with E-state index in [2.05, 4.69) is 26.8 Å². The van der Waals surface area contributed by atoms with Gasteiger partial charge in [-0.05, 0) is 32.6 Å². The lowest BCUT2D eigenvalue weighted by atomic mass is 9.77. The van der Waals surface area contributed by atoms with Crippen LogP contribution in [0.15, 0.2) is 11.6 Å². The molecule has 0 aromatic heterocycles. The lowest BCUT2D eigenvalue weighted by Crippen LogP contribution is -2.44. The van der Waals surface area contributed by atoms with Gasteiger partial charge in [-0.2, -0.15) is 0 Å². The summed E-state index contributed by atoms with van der Waals surface area (Å²) in [7, 11) is 0. The van der Waals surface area contributed by atoms with Crippen LogP contribution in [0.2, 0.25) is 0 Å². The molecule has 0 saturated heterocycles. The topological polar surface area (TPSA) is 26.0 Å². The summed E-state index contributed by atoms with van der Waals surface area (Å²) < 4.78 is 0. The first-order chi connectivity index (χ1) is 4.52. The summed E-state index contributed by atoms with van der Waals surface area (Å²) in [4.78, 5) is 0. The Morgan fingerprint density at radius 1 is 1.70 bits per heavy atom. The minimum atomic E-state index is 0.0412. The fourth-order valence-electron chi connectivity index (χ4n) is 1.39. The van der Waals surface area contributed by atoms with Crippen molar-refractivity contribution in [2.75, 3.05) is 0 Å². The molecule has 1 nitrogen and oxygen atoms in total. The number of rotatable bonds is 0. The fraction of sp³-hybridized carbons (Fsp3) is 0.778. The van der Waals surface area contributed by atoms with Crippen molar-refractivity contribution in [3.05, 3.63) is 11.6 Å². The Morgan fingerprint density at radius 2 is 2.30 bits per heavy atom. The van der Waals surface area contributed by atoms with Gasteiger partial charge >= 0.3 is 0 Å². The van der Waals surface area contributed by atoms with Crippen LogP contribution in [0.3, 0.4) is 0 Å². The Bertz CT molecular complexity index is 156. The van der Waals surface area contributed by atoms with Crippen LogP contribution in [-0.4, -0.2) is 5.54 Å². The smallest absolute Gasteiger partial charge is 0.0189 e. The van der Waals surface area contributed by atoms with Gasteiger partial charge in [0.25, 0.3) is 0 Å². The minimum absolute atomic E-state index is 0.0412. The van der Waals surface area contributed by atoms with Crippen molar-refractivity contribution in [1.82, 2.24) is 0 Å². The van der Waals surface area contributed by atoms with Gasteiger partial charge < -0.3 is 5.73 Å². The highest BCUT2D eigenvalue weighted by molar-refractivity contribution is 5.10. The molecule has 0 aromatic carbocycles. The summed E-state index contributed by atoms with van der Waals surface area (Å²) in [6.45, 7) is 6.56. The highest BCUT2D eigenvalue weighted by atomic mass is 14.7. The average molecular weight is 139 g/mol. The first kappa shape index (κ1) is 7.80. The van der Waals surface area contributed by atoms with E-state index in [0.29, 0.717) is 5.92 Å². The Morgan fingerprint density at radius 3 is 2.70 bits per heavy atom. The van der Waals surface area contributed by atoms with Crippen molar-refractivity contribution in [3.63, 3.8) is 0 Å². The van der Waals surface area contributed by atoms with E-state index in [4.69, 9.17) is 5.73 Å². The maximum atomic E-state index is 6.04. The molecule has 1 rings (SSSR count). The third-order valence-corrected chi connectivity index (χ3v) is 2.64. The van der Waals surface area contributed by atoms with Crippen molar-refractivity contribution in [2.45, 2.75) is 39.2 Å². The van der Waals surface area contributed by atoms with Gasteiger partial charge in [-0.25, -0.2) is 0 Å². The van der Waals surface area contributed by atoms with E-state index in [1.54, 1.807) is 0 Å². The van der Waals surface area contributed by atoms with Crippen LogP contribution in [0.4, 0.5) is 0 Å². The molecule has 2 atom stereocenters. The lowest BCUT2D eigenvalue weighted by Gasteiger charge is -2.34. The largest absolute Gasteiger partial charge is 0.325 e. The second kappa shape index (κ2) is 2.39. The lowest BCUT2D eigenvalue weighted by molar-refractivity contribution is 0.302. The van der Waals surface area contributed by atoms with E-state index < -0.39 is 0 Å². The monoisotopic (exact) mass is 139 g/mol. The van der Waals surface area contributed by atoms with Gasteiger partial charge in [-0.15, -0.1) is 0 Å². The molecule has 58 valence electrons. The fourth-order valence-corrected chi connectivity index (χ4v) is 1.39. The summed E-state index contributed by atoms with van der Waals surface area (Å²) in [6, 6.07) is 0. The molecule has 0 aromatic rings. The second-order valence-corrected chi connectivity index (χ2v) is 3.87. The molecule has 0 amide bonds. The Balaban J connectivity index is 2.70. The zero-order chi connectivity index (χ0) is 7.78. The van der Waals surface area contributed by atoms with Crippen LogP contribution in [0.1, 0.15) is 33.6 Å². The van der Waals surface area contributed by atoms with Gasteiger partial charge in [0.05, 0.1) is 0 Å². The predicted molar refractivity (Wildman–Crippen MR) is 44.7 cm³/mol. The standard InChI is InChI=1S/C9H17N/c1-7-4-5-9(3,10)8(2)6-7/h4,8H,5-6,10H2,1-3H3. The van der Waals surface area contributed by atoms with Crippen molar-refractivity contribution >= 4 is 0 Å². The quantitative estimate of drug-likeness (QED) is 0.511. The molecule has 0 aliphatic heterocycles. The molecule has 2 N–H and O–H groups in total. The van der Waals surface area contributed by atoms with Crippen LogP contribution in [0.25, 0.3) is 0 Å². The van der Waals surface area contributed by atoms with E-state index in [1.807, 2.05) is 0 Å². The zero-order valence-electron chi connectivity index (χ0n) is 7.15. The van der Waals surface area contributed by atoms with Crippen LogP contribution < -0.4 is 5.73 Å². The number of hydrogen-bond acceptors (Lipinski definition) is 1. The predicted octanol–water partition coefficient (Wildman–Crippen LogP) is 2.08. The van der Waals surface area contributed by atoms with Crippen molar-refractivity contribution < 1.29 is 0 Å². The Kier molecular flexibility index (Phi) is 1.86. The SMILES string of the molecule is CC1=CCC(C)(N)C(C)C1. The Hall–Kier alpha value is -0.300. The highest BCUT2D eigenvalue weighted by Crippen LogP contribution is 2.30. The van der Waals surface area contributed by atoms with Gasteiger partial charge in [0.1, 0.15) is 0 Å². The molecule has 1 aliphatic carbocycles. The molecule has 0 fully saturated rings. The molecule has 2 unspecified atom stereocenters.